The lowest BCUT2D eigenvalue weighted by molar-refractivity contribution is 0.0698. The molecule has 0 aliphatic carbocycles. The second kappa shape index (κ2) is 6.93. The van der Waals surface area contributed by atoms with Crippen LogP contribution < -0.4 is 5.32 Å². The van der Waals surface area contributed by atoms with E-state index in [4.69, 9.17) is 0 Å². The van der Waals surface area contributed by atoms with Gasteiger partial charge in [-0.15, -0.1) is 0 Å². The van der Waals surface area contributed by atoms with Crippen LogP contribution >= 0.6 is 0 Å². The van der Waals surface area contributed by atoms with Gasteiger partial charge in [-0.1, -0.05) is 13.0 Å². The Balaban J connectivity index is 3.08. The molecule has 1 aromatic carbocycles. The molecule has 1 rings (SSSR count). The fourth-order valence-corrected chi connectivity index (χ4v) is 2.16. The maximum absolute atomic E-state index is 12.2. The number of carboxylic acid groups (broad SMARTS) is 1. The predicted octanol–water partition coefficient (Wildman–Crippen LogP) is 3.27. The molecule has 0 heterocycles. The third kappa shape index (κ3) is 3.73. The van der Waals surface area contributed by atoms with Crippen molar-refractivity contribution >= 4 is 17.7 Å². The summed E-state index contributed by atoms with van der Waals surface area (Å²) in [6.07, 6.45) is 0.861. The molecule has 110 valence electrons. The molecule has 2 amide bonds. The van der Waals surface area contributed by atoms with Crippen LogP contribution in [0.2, 0.25) is 0 Å². The van der Waals surface area contributed by atoms with E-state index in [1.54, 1.807) is 17.9 Å². The summed E-state index contributed by atoms with van der Waals surface area (Å²) < 4.78 is 0. The Morgan fingerprint density at radius 3 is 2.40 bits per heavy atom. The van der Waals surface area contributed by atoms with Crippen LogP contribution in [0.4, 0.5) is 10.5 Å². The number of hydrogen-bond acceptors (Lipinski definition) is 2. The molecule has 0 atom stereocenters. The maximum Gasteiger partial charge on any atom is 0.337 e. The lowest BCUT2D eigenvalue weighted by atomic mass is 10.0. The van der Waals surface area contributed by atoms with E-state index in [1.165, 1.54) is 0 Å². The Bertz CT molecular complexity index is 512. The molecular formula is C15H22N2O3. The topological polar surface area (TPSA) is 69.6 Å². The number of nitrogens with one attached hydrogen (secondary N) is 1. The van der Waals surface area contributed by atoms with Crippen LogP contribution in [0, 0.1) is 13.8 Å². The van der Waals surface area contributed by atoms with Crippen molar-refractivity contribution in [2.45, 2.75) is 34.1 Å². The quantitative estimate of drug-likeness (QED) is 0.868. The number of hydrogen-bond donors (Lipinski definition) is 2. The highest BCUT2D eigenvalue weighted by atomic mass is 16.4. The van der Waals surface area contributed by atoms with Gasteiger partial charge in [0.2, 0.25) is 0 Å². The number of rotatable bonds is 5. The number of aryl methyl sites for hydroxylation is 2. The zero-order chi connectivity index (χ0) is 15.3. The number of amides is 2. The van der Waals surface area contributed by atoms with Crippen molar-refractivity contribution in [1.29, 1.82) is 0 Å². The smallest absolute Gasteiger partial charge is 0.337 e. The van der Waals surface area contributed by atoms with E-state index >= 15 is 0 Å². The summed E-state index contributed by atoms with van der Waals surface area (Å²) in [7, 11) is 0. The lowest BCUT2D eigenvalue weighted by Gasteiger charge is -2.22. The van der Waals surface area contributed by atoms with Crippen LogP contribution in [-0.2, 0) is 0 Å². The van der Waals surface area contributed by atoms with Crippen molar-refractivity contribution in [1.82, 2.24) is 4.90 Å². The minimum atomic E-state index is -1.04. The number of carbonyl (C=O) groups is 2. The van der Waals surface area contributed by atoms with Gasteiger partial charge in [0.05, 0.1) is 11.3 Å². The van der Waals surface area contributed by atoms with Crippen molar-refractivity contribution in [3.63, 3.8) is 0 Å². The SMILES string of the molecule is CCCN(CC)C(=O)Nc1c(C)cc(C)cc1C(=O)O. The van der Waals surface area contributed by atoms with E-state index < -0.39 is 5.97 Å². The first-order valence-electron chi connectivity index (χ1n) is 6.81. The van der Waals surface area contributed by atoms with Crippen molar-refractivity contribution < 1.29 is 14.7 Å². The average Bonchev–Trinajstić information content (AvgIpc) is 2.38. The zero-order valence-corrected chi connectivity index (χ0v) is 12.5. The van der Waals surface area contributed by atoms with Crippen LogP contribution in [0.25, 0.3) is 0 Å². The summed E-state index contributed by atoms with van der Waals surface area (Å²) in [6.45, 7) is 8.76. The highest BCUT2D eigenvalue weighted by molar-refractivity contribution is 6.01. The number of carbonyl (C=O) groups excluding carboxylic acids is 1. The molecule has 0 radical (unpaired) electrons. The first kappa shape index (κ1) is 16.0. The molecule has 0 aromatic heterocycles. The van der Waals surface area contributed by atoms with Crippen LogP contribution in [0.1, 0.15) is 41.8 Å². The highest BCUT2D eigenvalue weighted by Gasteiger charge is 2.18. The number of aromatic carboxylic acids is 1. The van der Waals surface area contributed by atoms with Crippen molar-refractivity contribution in [2.75, 3.05) is 18.4 Å². The second-order valence-electron chi connectivity index (χ2n) is 4.82. The molecule has 0 spiro atoms. The summed E-state index contributed by atoms with van der Waals surface area (Å²) in [5, 5.41) is 12.0. The molecule has 0 bridgehead atoms. The van der Waals surface area contributed by atoms with Crippen LogP contribution in [0.3, 0.4) is 0 Å². The van der Waals surface area contributed by atoms with E-state index in [1.807, 2.05) is 26.8 Å². The Morgan fingerprint density at radius 2 is 1.90 bits per heavy atom. The molecule has 0 aliphatic rings. The van der Waals surface area contributed by atoms with Crippen molar-refractivity contribution in [3.8, 4) is 0 Å². The molecule has 0 saturated heterocycles. The monoisotopic (exact) mass is 278 g/mol. The van der Waals surface area contributed by atoms with Crippen LogP contribution in [0.5, 0.6) is 0 Å². The van der Waals surface area contributed by atoms with E-state index in [9.17, 15) is 14.7 Å². The summed E-state index contributed by atoms with van der Waals surface area (Å²) >= 11 is 0. The van der Waals surface area contributed by atoms with Crippen molar-refractivity contribution in [3.05, 3.63) is 28.8 Å². The van der Waals surface area contributed by atoms with Gasteiger partial charge in [0, 0.05) is 13.1 Å². The molecule has 0 aliphatic heterocycles. The predicted molar refractivity (Wildman–Crippen MR) is 79.4 cm³/mol. The molecule has 20 heavy (non-hydrogen) atoms. The normalized spacial score (nSPS) is 10.2. The van der Waals surface area contributed by atoms with Gasteiger partial charge < -0.3 is 15.3 Å². The first-order chi connectivity index (χ1) is 9.40. The van der Waals surface area contributed by atoms with Gasteiger partial charge in [0.25, 0.3) is 0 Å². The largest absolute Gasteiger partial charge is 0.478 e. The minimum absolute atomic E-state index is 0.128. The molecule has 5 heteroatoms. The number of nitrogens with zero attached hydrogens (tertiary/aromatic N) is 1. The Labute approximate surface area is 119 Å². The van der Waals surface area contributed by atoms with Gasteiger partial charge in [-0.05, 0) is 44.4 Å². The molecule has 0 fully saturated rings. The first-order valence-corrected chi connectivity index (χ1v) is 6.81. The van der Waals surface area contributed by atoms with E-state index in [0.717, 1.165) is 17.5 Å². The van der Waals surface area contributed by atoms with Gasteiger partial charge >= 0.3 is 12.0 Å². The second-order valence-corrected chi connectivity index (χ2v) is 4.82. The van der Waals surface area contributed by atoms with Gasteiger partial charge in [-0.2, -0.15) is 0 Å². The fraction of sp³-hybridized carbons (Fsp3) is 0.467. The molecular weight excluding hydrogens is 256 g/mol. The van der Waals surface area contributed by atoms with Gasteiger partial charge in [-0.3, -0.25) is 0 Å². The van der Waals surface area contributed by atoms with Gasteiger partial charge in [-0.25, -0.2) is 9.59 Å². The van der Waals surface area contributed by atoms with E-state index in [-0.39, 0.29) is 11.6 Å². The summed E-state index contributed by atoms with van der Waals surface area (Å²) in [5.74, 6) is -1.04. The fourth-order valence-electron chi connectivity index (χ4n) is 2.16. The van der Waals surface area contributed by atoms with Crippen LogP contribution in [0.15, 0.2) is 12.1 Å². The van der Waals surface area contributed by atoms with E-state index in [0.29, 0.717) is 18.8 Å². The molecule has 0 unspecified atom stereocenters. The highest BCUT2D eigenvalue weighted by Crippen LogP contribution is 2.23. The maximum atomic E-state index is 12.2. The zero-order valence-electron chi connectivity index (χ0n) is 12.5. The number of urea groups is 1. The molecule has 0 saturated carbocycles. The van der Waals surface area contributed by atoms with E-state index in [2.05, 4.69) is 5.32 Å². The van der Waals surface area contributed by atoms with Gasteiger partial charge in [0.15, 0.2) is 0 Å². The average molecular weight is 278 g/mol. The molecule has 1 aromatic rings. The Kier molecular flexibility index (Phi) is 5.55. The third-order valence-corrected chi connectivity index (χ3v) is 3.10. The number of benzene rings is 1. The third-order valence-electron chi connectivity index (χ3n) is 3.10. The van der Waals surface area contributed by atoms with Crippen LogP contribution in [-0.4, -0.2) is 35.1 Å². The molecule has 5 nitrogen and oxygen atoms in total. The summed E-state index contributed by atoms with van der Waals surface area (Å²) in [5.41, 5.74) is 2.12. The van der Waals surface area contributed by atoms with Crippen molar-refractivity contribution in [2.24, 2.45) is 0 Å². The number of anilines is 1. The molecule has 2 N–H and O–H groups in total. The lowest BCUT2D eigenvalue weighted by Crippen LogP contribution is -2.36. The minimum Gasteiger partial charge on any atom is -0.478 e. The number of carboxylic acids is 1. The Morgan fingerprint density at radius 1 is 1.25 bits per heavy atom. The Hall–Kier alpha value is -2.04. The van der Waals surface area contributed by atoms with Gasteiger partial charge in [0.1, 0.15) is 0 Å². The summed E-state index contributed by atoms with van der Waals surface area (Å²) in [4.78, 5) is 25.1. The summed E-state index contributed by atoms with van der Waals surface area (Å²) in [6, 6.07) is 3.17. The standard InChI is InChI=1S/C15H22N2O3/c1-5-7-17(6-2)15(20)16-13-11(4)8-10(3)9-12(13)14(18)19/h8-9H,5-7H2,1-4H3,(H,16,20)(H,18,19).